The third-order valence-electron chi connectivity index (χ3n) is 1.73. The maximum Gasteiger partial charge on any atom is 0.0589 e. The van der Waals surface area contributed by atoms with Crippen LogP contribution in [0.1, 0.15) is 54.4 Å². The third-order valence-corrected chi connectivity index (χ3v) is 1.73. The fourth-order valence-electron chi connectivity index (χ4n) is 0. The number of rotatable bonds is 2. The molecule has 0 radical (unpaired) electrons. The zero-order valence-corrected chi connectivity index (χ0v) is 11.4. The van der Waals surface area contributed by atoms with E-state index < -0.39 is 11.2 Å². The molecular weight excluding hydrogens is 200 g/mol. The number of hydrogen-bond donors (Lipinski definition) is 2. The van der Waals surface area contributed by atoms with Gasteiger partial charge in [-0.2, -0.15) is 0 Å². The predicted octanol–water partition coefficient (Wildman–Crippen LogP) is 2.33. The van der Waals surface area contributed by atoms with E-state index in [0.29, 0.717) is 0 Å². The van der Waals surface area contributed by atoms with Crippen molar-refractivity contribution >= 4 is 0 Å². The van der Waals surface area contributed by atoms with Gasteiger partial charge in [0.1, 0.15) is 0 Å². The average molecular weight is 224 g/mol. The monoisotopic (exact) mass is 224 g/mol. The van der Waals surface area contributed by atoms with Crippen molar-refractivity contribution < 1.29 is 31.9 Å². The Morgan fingerprint density at radius 3 is 0.846 bits per heavy atom. The Labute approximate surface area is 97.6 Å². The van der Waals surface area contributed by atoms with Crippen LogP contribution in [-0.4, -0.2) is 21.4 Å². The van der Waals surface area contributed by atoms with Gasteiger partial charge in [0.2, 0.25) is 0 Å². The van der Waals surface area contributed by atoms with Crippen LogP contribution >= 0.6 is 0 Å². The van der Waals surface area contributed by atoms with Crippen molar-refractivity contribution in [2.45, 2.75) is 65.6 Å². The molecule has 0 heterocycles. The van der Waals surface area contributed by atoms with Crippen molar-refractivity contribution in [3.05, 3.63) is 0 Å². The molecule has 0 fully saturated rings. The minimum Gasteiger partial charge on any atom is -0.390 e. The Bertz CT molecular complexity index is 86.5. The fourth-order valence-corrected chi connectivity index (χ4v) is 0. The summed E-state index contributed by atoms with van der Waals surface area (Å²) in [6.45, 7) is 11.1. The van der Waals surface area contributed by atoms with E-state index in [-0.39, 0.29) is 21.7 Å². The molecular formula is C10H24O2Ti. The summed E-state index contributed by atoms with van der Waals surface area (Å²) in [4.78, 5) is 0. The Balaban J connectivity index is -0.000000143. The van der Waals surface area contributed by atoms with Crippen LogP contribution in [-0.2, 0) is 21.7 Å². The summed E-state index contributed by atoms with van der Waals surface area (Å²) in [6.07, 6.45) is 1.65. The Morgan fingerprint density at radius 2 is 0.846 bits per heavy atom. The van der Waals surface area contributed by atoms with E-state index in [0.717, 1.165) is 12.8 Å². The molecule has 0 unspecified atom stereocenters. The van der Waals surface area contributed by atoms with Crippen LogP contribution in [0.3, 0.4) is 0 Å². The number of aliphatic hydroxyl groups is 2. The molecule has 0 amide bonds. The average Bonchev–Trinajstić information content (AvgIpc) is 1.86. The molecule has 0 aliphatic heterocycles. The van der Waals surface area contributed by atoms with Crippen molar-refractivity contribution in [3.8, 4) is 0 Å². The molecule has 0 aromatic rings. The van der Waals surface area contributed by atoms with Crippen molar-refractivity contribution in [3.63, 3.8) is 0 Å². The largest absolute Gasteiger partial charge is 0.390 e. The van der Waals surface area contributed by atoms with E-state index in [9.17, 15) is 0 Å². The molecule has 0 atom stereocenters. The second-order valence-corrected chi connectivity index (χ2v) is 4.33. The first kappa shape index (κ1) is 19.2. The van der Waals surface area contributed by atoms with E-state index in [1.54, 1.807) is 27.7 Å². The second-order valence-electron chi connectivity index (χ2n) is 4.33. The van der Waals surface area contributed by atoms with Gasteiger partial charge in [-0.25, -0.2) is 0 Å². The molecule has 0 spiro atoms. The molecule has 80 valence electrons. The van der Waals surface area contributed by atoms with Crippen molar-refractivity contribution in [2.75, 3.05) is 0 Å². The molecule has 0 aromatic heterocycles. The zero-order chi connectivity index (χ0) is 10.4. The Hall–Kier alpha value is 0.634. The molecule has 2 nitrogen and oxygen atoms in total. The smallest absolute Gasteiger partial charge is 0.0589 e. The maximum absolute atomic E-state index is 8.83. The number of hydrogen-bond acceptors (Lipinski definition) is 2. The van der Waals surface area contributed by atoms with Gasteiger partial charge in [0.05, 0.1) is 11.2 Å². The van der Waals surface area contributed by atoms with E-state index in [2.05, 4.69) is 0 Å². The summed E-state index contributed by atoms with van der Waals surface area (Å²) >= 11 is 0. The summed E-state index contributed by atoms with van der Waals surface area (Å²) in [5.41, 5.74) is -0.917. The first-order valence-corrected chi connectivity index (χ1v) is 4.57. The van der Waals surface area contributed by atoms with E-state index in [1.807, 2.05) is 13.8 Å². The van der Waals surface area contributed by atoms with E-state index in [1.165, 1.54) is 0 Å². The third kappa shape index (κ3) is 32.5. The normalized spacial score (nSPS) is 11.1. The Morgan fingerprint density at radius 1 is 0.769 bits per heavy atom. The molecule has 0 bridgehead atoms. The molecule has 0 aliphatic rings. The van der Waals surface area contributed by atoms with Gasteiger partial charge in [-0.15, -0.1) is 0 Å². The summed E-state index contributed by atoms with van der Waals surface area (Å²) in [7, 11) is 0. The maximum atomic E-state index is 8.83. The van der Waals surface area contributed by atoms with Gasteiger partial charge in [0.25, 0.3) is 0 Å². The van der Waals surface area contributed by atoms with Crippen LogP contribution in [0.4, 0.5) is 0 Å². The molecule has 3 heteroatoms. The van der Waals surface area contributed by atoms with Gasteiger partial charge in [-0.1, -0.05) is 13.8 Å². The molecule has 13 heavy (non-hydrogen) atoms. The van der Waals surface area contributed by atoms with Crippen molar-refractivity contribution in [1.29, 1.82) is 0 Å². The SMILES string of the molecule is CCC(C)(C)O.CCC(C)(C)O.[Ti]. The van der Waals surface area contributed by atoms with Gasteiger partial charge in [-0.05, 0) is 40.5 Å². The Kier molecular flexibility index (Phi) is 11.8. The first-order chi connectivity index (χ1) is 5.12. The standard InChI is InChI=1S/2C5H12O.Ti/c2*1-4-5(2,3)6;/h2*6H,4H2,1-3H3;. The molecule has 0 saturated heterocycles. The topological polar surface area (TPSA) is 40.5 Å². The van der Waals surface area contributed by atoms with Crippen molar-refractivity contribution in [2.24, 2.45) is 0 Å². The van der Waals surface area contributed by atoms with Crippen LogP contribution < -0.4 is 0 Å². The molecule has 0 aliphatic carbocycles. The van der Waals surface area contributed by atoms with E-state index in [4.69, 9.17) is 10.2 Å². The van der Waals surface area contributed by atoms with Crippen LogP contribution in [0.15, 0.2) is 0 Å². The van der Waals surface area contributed by atoms with Crippen LogP contribution in [0, 0.1) is 0 Å². The molecule has 0 rings (SSSR count). The van der Waals surface area contributed by atoms with Gasteiger partial charge >= 0.3 is 0 Å². The summed E-state index contributed by atoms with van der Waals surface area (Å²) in [6, 6.07) is 0. The molecule has 2 N–H and O–H groups in total. The van der Waals surface area contributed by atoms with Gasteiger partial charge < -0.3 is 10.2 Å². The van der Waals surface area contributed by atoms with Crippen LogP contribution in [0.2, 0.25) is 0 Å². The van der Waals surface area contributed by atoms with E-state index >= 15 is 0 Å². The summed E-state index contributed by atoms with van der Waals surface area (Å²) in [5.74, 6) is 0. The van der Waals surface area contributed by atoms with Gasteiger partial charge in [-0.3, -0.25) is 0 Å². The summed E-state index contributed by atoms with van der Waals surface area (Å²) in [5, 5.41) is 17.7. The quantitative estimate of drug-likeness (QED) is 0.707. The van der Waals surface area contributed by atoms with Crippen LogP contribution in [0.25, 0.3) is 0 Å². The zero-order valence-electron chi connectivity index (χ0n) is 9.81. The predicted molar refractivity (Wildman–Crippen MR) is 53.2 cm³/mol. The minimum atomic E-state index is -0.458. The minimum absolute atomic E-state index is 0. The molecule has 0 saturated carbocycles. The van der Waals surface area contributed by atoms with Gasteiger partial charge in [0, 0.05) is 21.7 Å². The first-order valence-electron chi connectivity index (χ1n) is 4.57. The van der Waals surface area contributed by atoms with Gasteiger partial charge in [0.15, 0.2) is 0 Å². The second kappa shape index (κ2) is 7.99. The summed E-state index contributed by atoms with van der Waals surface area (Å²) < 4.78 is 0. The fraction of sp³-hybridized carbons (Fsp3) is 1.00. The molecule has 0 aromatic carbocycles. The van der Waals surface area contributed by atoms with Crippen LogP contribution in [0.5, 0.6) is 0 Å². The van der Waals surface area contributed by atoms with Crippen molar-refractivity contribution in [1.82, 2.24) is 0 Å².